The van der Waals surface area contributed by atoms with Gasteiger partial charge in [0, 0.05) is 11.0 Å². The van der Waals surface area contributed by atoms with Crippen molar-refractivity contribution >= 4 is 5.78 Å². The number of carbonyl (C=O) groups is 1. The second-order valence-electron chi connectivity index (χ2n) is 6.55. The zero-order chi connectivity index (χ0) is 16.7. The Labute approximate surface area is 132 Å². The van der Waals surface area contributed by atoms with Crippen molar-refractivity contribution in [2.24, 2.45) is 5.41 Å². The molecule has 0 aliphatic heterocycles. The molecule has 0 atom stereocenters. The first-order chi connectivity index (χ1) is 10.8. The van der Waals surface area contributed by atoms with Gasteiger partial charge in [-0.25, -0.2) is 0 Å². The van der Waals surface area contributed by atoms with Crippen LogP contribution in [0.1, 0.15) is 48.0 Å². The number of Topliss-reactive ketones (excluding diaryl/α,β-unsaturated/α-hetero) is 1. The lowest BCUT2D eigenvalue weighted by Gasteiger charge is -2.33. The Hall–Kier alpha value is -1.56. The molecule has 6 heteroatoms. The topological polar surface area (TPSA) is 46.5 Å². The number of aliphatic hydroxyl groups is 1. The van der Waals surface area contributed by atoms with Gasteiger partial charge in [0.2, 0.25) is 0 Å². The van der Waals surface area contributed by atoms with E-state index < -0.39 is 24.6 Å². The number of fused-ring (bicyclic) bond motifs is 1. The van der Waals surface area contributed by atoms with Crippen LogP contribution in [0, 0.1) is 5.41 Å². The molecule has 1 aromatic rings. The molecule has 0 bridgehead atoms. The molecule has 3 rings (SSSR count). The summed E-state index contributed by atoms with van der Waals surface area (Å²) >= 11 is 0. The van der Waals surface area contributed by atoms with Crippen LogP contribution in [0.2, 0.25) is 0 Å². The van der Waals surface area contributed by atoms with Crippen molar-refractivity contribution in [3.8, 4) is 5.75 Å². The SMILES string of the molecule is O=C1c2cc(OCCC(F)(F)F)ccc2CC12CCC(O)CC2. The molecular formula is C17H19F3O3. The normalized spacial score (nSPS) is 27.3. The Morgan fingerprint density at radius 3 is 2.61 bits per heavy atom. The third-order valence-electron chi connectivity index (χ3n) is 4.90. The molecule has 1 N–H and O–H groups in total. The van der Waals surface area contributed by atoms with Gasteiger partial charge in [0.25, 0.3) is 0 Å². The van der Waals surface area contributed by atoms with E-state index in [1.54, 1.807) is 18.2 Å². The van der Waals surface area contributed by atoms with Crippen molar-refractivity contribution in [2.75, 3.05) is 6.61 Å². The number of halogens is 3. The zero-order valence-electron chi connectivity index (χ0n) is 12.7. The fourth-order valence-corrected chi connectivity index (χ4v) is 3.58. The first kappa shape index (κ1) is 16.3. The summed E-state index contributed by atoms with van der Waals surface area (Å²) in [4.78, 5) is 12.7. The lowest BCUT2D eigenvalue weighted by molar-refractivity contribution is -0.139. The molecular weight excluding hydrogens is 309 g/mol. The maximum atomic E-state index is 12.7. The predicted octanol–water partition coefficient (Wildman–Crippen LogP) is 3.68. The maximum Gasteiger partial charge on any atom is 0.392 e. The number of carbonyl (C=O) groups excluding carboxylic acids is 1. The van der Waals surface area contributed by atoms with Crippen LogP contribution in [-0.4, -0.2) is 29.8 Å². The van der Waals surface area contributed by atoms with E-state index in [1.165, 1.54) is 0 Å². The fourth-order valence-electron chi connectivity index (χ4n) is 3.58. The highest BCUT2D eigenvalue weighted by molar-refractivity contribution is 6.05. The Bertz CT molecular complexity index is 602. The molecule has 0 radical (unpaired) electrons. The number of aliphatic hydroxyl groups excluding tert-OH is 1. The van der Waals surface area contributed by atoms with Crippen LogP contribution >= 0.6 is 0 Å². The van der Waals surface area contributed by atoms with E-state index in [9.17, 15) is 23.1 Å². The molecule has 1 fully saturated rings. The summed E-state index contributed by atoms with van der Waals surface area (Å²) in [7, 11) is 0. The van der Waals surface area contributed by atoms with E-state index in [0.717, 1.165) is 5.56 Å². The van der Waals surface area contributed by atoms with Crippen molar-refractivity contribution < 1.29 is 27.8 Å². The third-order valence-corrected chi connectivity index (χ3v) is 4.90. The lowest BCUT2D eigenvalue weighted by atomic mass is 9.70. The summed E-state index contributed by atoms with van der Waals surface area (Å²) in [5, 5.41) is 9.64. The van der Waals surface area contributed by atoms with E-state index >= 15 is 0 Å². The van der Waals surface area contributed by atoms with Gasteiger partial charge in [-0.2, -0.15) is 13.2 Å². The van der Waals surface area contributed by atoms with Crippen molar-refractivity contribution in [1.29, 1.82) is 0 Å². The number of hydrogen-bond donors (Lipinski definition) is 1. The van der Waals surface area contributed by atoms with Gasteiger partial charge in [0.1, 0.15) is 5.75 Å². The molecule has 0 heterocycles. The molecule has 0 unspecified atom stereocenters. The van der Waals surface area contributed by atoms with Gasteiger partial charge < -0.3 is 9.84 Å². The van der Waals surface area contributed by atoms with E-state index in [0.29, 0.717) is 43.4 Å². The summed E-state index contributed by atoms with van der Waals surface area (Å²) in [6, 6.07) is 4.96. The van der Waals surface area contributed by atoms with Gasteiger partial charge in [0.05, 0.1) is 19.1 Å². The Morgan fingerprint density at radius 1 is 1.26 bits per heavy atom. The first-order valence-corrected chi connectivity index (χ1v) is 7.84. The summed E-state index contributed by atoms with van der Waals surface area (Å²) < 4.78 is 41.6. The minimum atomic E-state index is -4.25. The molecule has 0 aromatic heterocycles. The van der Waals surface area contributed by atoms with Crippen LogP contribution in [0.5, 0.6) is 5.75 Å². The van der Waals surface area contributed by atoms with Crippen LogP contribution in [0.3, 0.4) is 0 Å². The van der Waals surface area contributed by atoms with Gasteiger partial charge >= 0.3 is 6.18 Å². The van der Waals surface area contributed by atoms with Crippen molar-refractivity contribution in [3.63, 3.8) is 0 Å². The van der Waals surface area contributed by atoms with E-state index in [1.807, 2.05) is 0 Å². The molecule has 1 aromatic carbocycles. The molecule has 1 saturated carbocycles. The third kappa shape index (κ3) is 3.37. The molecule has 2 aliphatic carbocycles. The van der Waals surface area contributed by atoms with Gasteiger partial charge in [0.15, 0.2) is 5.78 Å². The van der Waals surface area contributed by atoms with E-state index in [4.69, 9.17) is 4.74 Å². The quantitative estimate of drug-likeness (QED) is 0.921. The van der Waals surface area contributed by atoms with Crippen LogP contribution in [-0.2, 0) is 6.42 Å². The number of rotatable bonds is 3. The standard InChI is InChI=1S/C17H19F3O3/c18-17(19,20)7-8-23-13-2-1-11-10-16(15(22)14(11)9-13)5-3-12(21)4-6-16/h1-2,9,12,21H,3-8,10H2. The summed E-state index contributed by atoms with van der Waals surface area (Å²) in [6.45, 7) is -0.451. The average molecular weight is 328 g/mol. The highest BCUT2D eigenvalue weighted by Crippen LogP contribution is 2.47. The Morgan fingerprint density at radius 2 is 1.96 bits per heavy atom. The van der Waals surface area contributed by atoms with Gasteiger partial charge in [-0.1, -0.05) is 6.07 Å². The monoisotopic (exact) mass is 328 g/mol. The average Bonchev–Trinajstić information content (AvgIpc) is 2.74. The zero-order valence-corrected chi connectivity index (χ0v) is 12.7. The molecule has 2 aliphatic rings. The minimum absolute atomic E-state index is 0.0423. The Balaban J connectivity index is 1.71. The van der Waals surface area contributed by atoms with Crippen LogP contribution < -0.4 is 4.74 Å². The maximum absolute atomic E-state index is 12.7. The molecule has 23 heavy (non-hydrogen) atoms. The van der Waals surface area contributed by atoms with Crippen molar-refractivity contribution in [3.05, 3.63) is 29.3 Å². The fraction of sp³-hybridized carbons (Fsp3) is 0.588. The van der Waals surface area contributed by atoms with E-state index in [-0.39, 0.29) is 11.9 Å². The molecule has 0 saturated heterocycles. The Kier molecular flexibility index (Phi) is 4.12. The van der Waals surface area contributed by atoms with Crippen molar-refractivity contribution in [2.45, 2.75) is 50.8 Å². The molecule has 3 nitrogen and oxygen atoms in total. The lowest BCUT2D eigenvalue weighted by Crippen LogP contribution is -2.34. The van der Waals surface area contributed by atoms with Crippen LogP contribution in [0.15, 0.2) is 18.2 Å². The van der Waals surface area contributed by atoms with E-state index in [2.05, 4.69) is 0 Å². The minimum Gasteiger partial charge on any atom is -0.493 e. The van der Waals surface area contributed by atoms with Crippen LogP contribution in [0.25, 0.3) is 0 Å². The van der Waals surface area contributed by atoms with Gasteiger partial charge in [-0.05, 0) is 49.8 Å². The first-order valence-electron chi connectivity index (χ1n) is 7.84. The number of benzene rings is 1. The molecule has 1 spiro atoms. The predicted molar refractivity (Wildman–Crippen MR) is 77.6 cm³/mol. The number of ether oxygens (including phenoxy) is 1. The number of alkyl halides is 3. The largest absolute Gasteiger partial charge is 0.493 e. The second-order valence-corrected chi connectivity index (χ2v) is 6.55. The smallest absolute Gasteiger partial charge is 0.392 e. The van der Waals surface area contributed by atoms with Gasteiger partial charge in [-0.15, -0.1) is 0 Å². The second kappa shape index (κ2) is 5.82. The number of hydrogen-bond acceptors (Lipinski definition) is 3. The van der Waals surface area contributed by atoms with Crippen LogP contribution in [0.4, 0.5) is 13.2 Å². The summed E-state index contributed by atoms with van der Waals surface area (Å²) in [5.41, 5.74) is 1.05. The molecule has 126 valence electrons. The van der Waals surface area contributed by atoms with Gasteiger partial charge in [-0.3, -0.25) is 4.79 Å². The number of ketones is 1. The highest BCUT2D eigenvalue weighted by Gasteiger charge is 2.47. The summed E-state index contributed by atoms with van der Waals surface area (Å²) in [6.07, 6.45) is -2.39. The highest BCUT2D eigenvalue weighted by atomic mass is 19.4. The summed E-state index contributed by atoms with van der Waals surface area (Å²) in [5.74, 6) is 0.343. The molecule has 0 amide bonds. The van der Waals surface area contributed by atoms with Crippen molar-refractivity contribution in [1.82, 2.24) is 0 Å².